The van der Waals surface area contributed by atoms with Crippen molar-refractivity contribution in [3.05, 3.63) is 203 Å². The molecule has 1 nitrogen and oxygen atoms in total. The Morgan fingerprint density at radius 2 is 1.09 bits per heavy atom. The first-order valence-electron chi connectivity index (χ1n) is 14.7. The predicted molar refractivity (Wildman–Crippen MR) is 183 cm³/mol. The van der Waals surface area contributed by atoms with Crippen LogP contribution >= 0.6 is 0 Å². The van der Waals surface area contributed by atoms with Crippen molar-refractivity contribution < 1.29 is 4.74 Å². The van der Waals surface area contributed by atoms with Gasteiger partial charge in [-0.25, -0.2) is 0 Å². The van der Waals surface area contributed by atoms with Gasteiger partial charge in [-0.1, -0.05) is 170 Å². The van der Waals surface area contributed by atoms with Crippen molar-refractivity contribution in [1.29, 1.82) is 0 Å². The van der Waals surface area contributed by atoms with Crippen molar-refractivity contribution in [2.45, 2.75) is 5.92 Å². The molecule has 208 valence electrons. The number of methoxy groups -OCH3 is 1. The summed E-state index contributed by atoms with van der Waals surface area (Å²) >= 11 is 0. The van der Waals surface area contributed by atoms with Crippen LogP contribution in [0, 0.1) is 0 Å². The normalized spacial score (nSPS) is 12.0. The van der Waals surface area contributed by atoms with Gasteiger partial charge in [-0.05, 0) is 61.9 Å². The molecule has 0 heterocycles. The van der Waals surface area contributed by atoms with Gasteiger partial charge < -0.3 is 4.74 Å². The first-order valence-corrected chi connectivity index (χ1v) is 14.7. The fourth-order valence-electron chi connectivity index (χ4n) is 5.59. The Morgan fingerprint density at radius 3 is 1.72 bits per heavy atom. The van der Waals surface area contributed by atoms with Gasteiger partial charge in [0.2, 0.25) is 0 Å². The summed E-state index contributed by atoms with van der Waals surface area (Å²) in [7, 11) is 1.71. The molecule has 0 bridgehead atoms. The van der Waals surface area contributed by atoms with Gasteiger partial charge in [0.25, 0.3) is 0 Å². The quantitative estimate of drug-likeness (QED) is 0.162. The Bertz CT molecular complexity index is 1820. The molecule has 0 spiro atoms. The van der Waals surface area contributed by atoms with Crippen molar-refractivity contribution in [2.24, 2.45) is 0 Å². The third kappa shape index (κ3) is 6.58. The van der Waals surface area contributed by atoms with Crippen LogP contribution in [0.4, 0.5) is 0 Å². The highest BCUT2D eigenvalue weighted by molar-refractivity contribution is 5.94. The molecule has 0 aliphatic carbocycles. The maximum Gasteiger partial charge on any atom is 0.118 e. The van der Waals surface area contributed by atoms with E-state index < -0.39 is 0 Å². The van der Waals surface area contributed by atoms with Gasteiger partial charge in [-0.3, -0.25) is 0 Å². The van der Waals surface area contributed by atoms with Crippen molar-refractivity contribution in [3.8, 4) is 5.75 Å². The Hall–Kier alpha value is -5.40. The van der Waals surface area contributed by atoms with Crippen LogP contribution < -0.4 is 4.74 Å². The van der Waals surface area contributed by atoms with E-state index >= 15 is 0 Å². The highest BCUT2D eigenvalue weighted by atomic mass is 16.5. The van der Waals surface area contributed by atoms with E-state index in [0.717, 1.165) is 5.75 Å². The fourth-order valence-corrected chi connectivity index (χ4v) is 5.59. The van der Waals surface area contributed by atoms with Gasteiger partial charge in [-0.15, -0.1) is 0 Å². The van der Waals surface area contributed by atoms with Crippen LogP contribution in [0.5, 0.6) is 5.75 Å². The average molecular weight is 555 g/mol. The molecule has 1 atom stereocenters. The molecule has 0 aliphatic heterocycles. The molecule has 0 saturated heterocycles. The molecule has 0 amide bonds. The van der Waals surface area contributed by atoms with Crippen molar-refractivity contribution in [1.82, 2.24) is 0 Å². The van der Waals surface area contributed by atoms with E-state index in [0.29, 0.717) is 0 Å². The number of hydrogen-bond donors (Lipinski definition) is 0. The van der Waals surface area contributed by atoms with Crippen molar-refractivity contribution in [2.75, 3.05) is 7.11 Å². The molecule has 0 aliphatic rings. The summed E-state index contributed by atoms with van der Waals surface area (Å²) in [6.45, 7) is 0. The Balaban J connectivity index is 1.49. The van der Waals surface area contributed by atoms with E-state index in [1.54, 1.807) is 7.11 Å². The van der Waals surface area contributed by atoms with E-state index in [1.807, 2.05) is 6.07 Å². The second-order valence-electron chi connectivity index (χ2n) is 10.5. The third-order valence-electron chi connectivity index (χ3n) is 7.78. The zero-order valence-corrected chi connectivity index (χ0v) is 24.3. The minimum absolute atomic E-state index is 0.0159. The number of rotatable bonds is 9. The monoisotopic (exact) mass is 554 g/mol. The zero-order valence-electron chi connectivity index (χ0n) is 24.3. The van der Waals surface area contributed by atoms with E-state index in [-0.39, 0.29) is 5.92 Å². The van der Waals surface area contributed by atoms with Gasteiger partial charge in [-0.2, -0.15) is 0 Å². The van der Waals surface area contributed by atoms with Crippen LogP contribution in [0.25, 0.3) is 28.5 Å². The molecule has 43 heavy (non-hydrogen) atoms. The first-order chi connectivity index (χ1) is 21.3. The molecular weight excluding hydrogens is 520 g/mol. The Labute approximate surface area is 254 Å². The molecule has 0 fully saturated rings. The van der Waals surface area contributed by atoms with Crippen LogP contribution in [-0.4, -0.2) is 7.11 Å². The van der Waals surface area contributed by atoms with Crippen molar-refractivity contribution in [3.63, 3.8) is 0 Å². The molecule has 0 radical (unpaired) electrons. The number of allylic oxidation sites excluding steroid dienone is 3. The van der Waals surface area contributed by atoms with Crippen LogP contribution in [0.15, 0.2) is 170 Å². The maximum atomic E-state index is 5.51. The number of benzene rings is 6. The molecule has 6 aromatic carbocycles. The van der Waals surface area contributed by atoms with Gasteiger partial charge in [0.15, 0.2) is 0 Å². The molecule has 1 unspecified atom stereocenters. The van der Waals surface area contributed by atoms with E-state index in [2.05, 4.69) is 176 Å². The van der Waals surface area contributed by atoms with Crippen molar-refractivity contribution >= 4 is 28.5 Å². The largest absolute Gasteiger partial charge is 0.497 e. The van der Waals surface area contributed by atoms with E-state index in [1.165, 1.54) is 49.7 Å². The van der Waals surface area contributed by atoms with Gasteiger partial charge >= 0.3 is 0 Å². The molecule has 0 N–H and O–H groups in total. The number of fused-ring (bicyclic) bond motifs is 1. The third-order valence-corrected chi connectivity index (χ3v) is 7.78. The minimum Gasteiger partial charge on any atom is -0.497 e. The summed E-state index contributed by atoms with van der Waals surface area (Å²) in [5.74, 6) is 0.869. The highest BCUT2D eigenvalue weighted by Gasteiger charge is 2.18. The lowest BCUT2D eigenvalue weighted by atomic mass is 9.83. The molecule has 6 rings (SSSR count). The summed E-state index contributed by atoms with van der Waals surface area (Å²) in [6.07, 6.45) is 11.0. The second kappa shape index (κ2) is 13.5. The van der Waals surface area contributed by atoms with E-state index in [4.69, 9.17) is 4.74 Å². The smallest absolute Gasteiger partial charge is 0.118 e. The lowest BCUT2D eigenvalue weighted by Gasteiger charge is -2.21. The highest BCUT2D eigenvalue weighted by Crippen LogP contribution is 2.38. The van der Waals surface area contributed by atoms with Gasteiger partial charge in [0.1, 0.15) is 5.75 Å². The van der Waals surface area contributed by atoms with Crippen LogP contribution in [-0.2, 0) is 0 Å². The maximum absolute atomic E-state index is 5.51. The Kier molecular flexibility index (Phi) is 8.72. The zero-order chi connectivity index (χ0) is 29.3. The van der Waals surface area contributed by atoms with Gasteiger partial charge in [0, 0.05) is 5.92 Å². The minimum atomic E-state index is 0.0159. The summed E-state index contributed by atoms with van der Waals surface area (Å²) in [5, 5.41) is 2.48. The number of hydrogen-bond acceptors (Lipinski definition) is 1. The summed E-state index contributed by atoms with van der Waals surface area (Å²) < 4.78 is 5.51. The molecular formula is C42H34O. The van der Waals surface area contributed by atoms with Crippen LogP contribution in [0.1, 0.15) is 39.3 Å². The standard InChI is InChI=1S/C42H34O/c1-43-37-28-25-36(26-29-37)42(31-41(33-18-7-3-8-19-33)34-20-9-4-10-21-34)40-30-27-35(38-23-13-14-24-39(38)40)22-12-11-17-32-15-5-2-6-16-32/h2-31,42H,1H3/b17-11+,22-12+. The molecule has 0 saturated carbocycles. The second-order valence-corrected chi connectivity index (χ2v) is 10.5. The summed E-state index contributed by atoms with van der Waals surface area (Å²) in [6, 6.07) is 53.5. The van der Waals surface area contributed by atoms with Crippen LogP contribution in [0.2, 0.25) is 0 Å². The first kappa shape index (κ1) is 27.8. The summed E-state index contributed by atoms with van der Waals surface area (Å²) in [4.78, 5) is 0. The topological polar surface area (TPSA) is 9.23 Å². The van der Waals surface area contributed by atoms with Gasteiger partial charge in [0.05, 0.1) is 7.11 Å². The summed E-state index contributed by atoms with van der Waals surface area (Å²) in [5.41, 5.74) is 8.46. The predicted octanol–water partition coefficient (Wildman–Crippen LogP) is 10.8. The number of ether oxygens (including phenoxy) is 1. The Morgan fingerprint density at radius 1 is 0.535 bits per heavy atom. The SMILES string of the molecule is COc1ccc(C(C=C(c2ccccc2)c2ccccc2)c2ccc(/C=C/C=C/c3ccccc3)c3ccccc23)cc1. The van der Waals surface area contributed by atoms with E-state index in [9.17, 15) is 0 Å². The lowest BCUT2D eigenvalue weighted by molar-refractivity contribution is 0.414. The van der Waals surface area contributed by atoms with Crippen LogP contribution in [0.3, 0.4) is 0 Å². The molecule has 6 aromatic rings. The fraction of sp³-hybridized carbons (Fsp3) is 0.0476. The lowest BCUT2D eigenvalue weighted by Crippen LogP contribution is -2.02. The molecule has 0 aromatic heterocycles. The molecule has 1 heteroatoms. The average Bonchev–Trinajstić information content (AvgIpc) is 3.09.